The highest BCUT2D eigenvalue weighted by molar-refractivity contribution is 7.19. The number of carbonyl (C=O) groups excluding carboxylic acids is 1. The number of nitrogens with zero attached hydrogens (tertiary/aromatic N) is 1. The number of carboxylic acids is 1. The van der Waals surface area contributed by atoms with E-state index in [4.69, 9.17) is 16.7 Å². The molecule has 1 aliphatic carbocycles. The van der Waals surface area contributed by atoms with Crippen molar-refractivity contribution in [3.8, 4) is 0 Å². The average Bonchev–Trinajstić information content (AvgIpc) is 3.05. The fourth-order valence-electron chi connectivity index (χ4n) is 2.22. The molecule has 1 aliphatic rings. The SMILES string of the molecule is Cc1nc2cc(C(=O)C3CC3C(=O)O)cc(Cl)c2s1. The molecule has 1 heterocycles. The van der Waals surface area contributed by atoms with Gasteiger partial charge in [-0.2, -0.15) is 0 Å². The van der Waals surface area contributed by atoms with E-state index in [0.29, 0.717) is 22.5 Å². The maximum Gasteiger partial charge on any atom is 0.307 e. The Hall–Kier alpha value is -1.46. The van der Waals surface area contributed by atoms with Gasteiger partial charge in [-0.3, -0.25) is 9.59 Å². The molecule has 2 atom stereocenters. The number of Topliss-reactive ketones (excluding diaryl/α,β-unsaturated/α-hetero) is 1. The highest BCUT2D eigenvalue weighted by Gasteiger charge is 2.48. The van der Waals surface area contributed by atoms with Crippen molar-refractivity contribution in [2.24, 2.45) is 11.8 Å². The van der Waals surface area contributed by atoms with Crippen LogP contribution >= 0.6 is 22.9 Å². The normalized spacial score (nSPS) is 21.6. The lowest BCUT2D eigenvalue weighted by molar-refractivity contribution is -0.138. The minimum Gasteiger partial charge on any atom is -0.481 e. The first kappa shape index (κ1) is 12.6. The molecule has 0 saturated heterocycles. The number of aliphatic carboxylic acids is 1. The number of carbonyl (C=O) groups is 2. The average molecular weight is 296 g/mol. The molecule has 98 valence electrons. The first-order valence-corrected chi connectivity index (χ1v) is 7.00. The monoisotopic (exact) mass is 295 g/mol. The number of aryl methyl sites for hydroxylation is 1. The van der Waals surface area contributed by atoms with Crippen molar-refractivity contribution >= 4 is 44.9 Å². The molecule has 6 heteroatoms. The van der Waals surface area contributed by atoms with Gasteiger partial charge in [0, 0.05) is 11.5 Å². The topological polar surface area (TPSA) is 67.3 Å². The largest absolute Gasteiger partial charge is 0.481 e. The number of hydrogen-bond acceptors (Lipinski definition) is 4. The van der Waals surface area contributed by atoms with Gasteiger partial charge in [0.1, 0.15) is 0 Å². The number of fused-ring (bicyclic) bond motifs is 1. The Morgan fingerprint density at radius 3 is 2.79 bits per heavy atom. The van der Waals surface area contributed by atoms with Crippen LogP contribution in [0.5, 0.6) is 0 Å². The molecule has 4 nitrogen and oxygen atoms in total. The number of ketones is 1. The highest BCUT2D eigenvalue weighted by Crippen LogP contribution is 2.42. The van der Waals surface area contributed by atoms with Gasteiger partial charge in [0.05, 0.1) is 26.2 Å². The molecule has 0 spiro atoms. The van der Waals surface area contributed by atoms with Gasteiger partial charge in [-0.15, -0.1) is 11.3 Å². The molecule has 3 rings (SSSR count). The van der Waals surface area contributed by atoms with Crippen molar-refractivity contribution in [2.75, 3.05) is 0 Å². The molecule has 19 heavy (non-hydrogen) atoms. The van der Waals surface area contributed by atoms with Crippen molar-refractivity contribution in [2.45, 2.75) is 13.3 Å². The van der Waals surface area contributed by atoms with Gasteiger partial charge in [0.25, 0.3) is 0 Å². The van der Waals surface area contributed by atoms with Crippen molar-refractivity contribution in [1.29, 1.82) is 0 Å². The van der Waals surface area contributed by atoms with Crippen LogP contribution in [0.3, 0.4) is 0 Å². The Morgan fingerprint density at radius 1 is 1.42 bits per heavy atom. The molecule has 0 bridgehead atoms. The number of thiazole rings is 1. The second kappa shape index (κ2) is 4.28. The Morgan fingerprint density at radius 2 is 2.16 bits per heavy atom. The molecule has 0 aliphatic heterocycles. The fourth-order valence-corrected chi connectivity index (χ4v) is 3.35. The third-order valence-corrected chi connectivity index (χ3v) is 4.71. The summed E-state index contributed by atoms with van der Waals surface area (Å²) in [6.07, 6.45) is 0.417. The number of rotatable bonds is 3. The van der Waals surface area contributed by atoms with Crippen LogP contribution in [0.2, 0.25) is 5.02 Å². The zero-order valence-corrected chi connectivity index (χ0v) is 11.6. The second-order valence-electron chi connectivity index (χ2n) is 4.69. The summed E-state index contributed by atoms with van der Waals surface area (Å²) in [4.78, 5) is 27.3. The third kappa shape index (κ3) is 2.13. The molecule has 0 radical (unpaired) electrons. The fraction of sp³-hybridized carbons (Fsp3) is 0.308. The van der Waals surface area contributed by atoms with Crippen LogP contribution < -0.4 is 0 Å². The number of aromatic nitrogens is 1. The minimum absolute atomic E-state index is 0.151. The van der Waals surface area contributed by atoms with E-state index in [1.807, 2.05) is 6.92 Å². The number of hydrogen-bond donors (Lipinski definition) is 1. The highest BCUT2D eigenvalue weighted by atomic mass is 35.5. The minimum atomic E-state index is -0.907. The van der Waals surface area contributed by atoms with E-state index in [-0.39, 0.29) is 5.78 Å². The van der Waals surface area contributed by atoms with Gasteiger partial charge in [-0.05, 0) is 25.5 Å². The van der Waals surface area contributed by atoms with Crippen LogP contribution in [0.4, 0.5) is 0 Å². The molecule has 1 fully saturated rings. The molecule has 1 N–H and O–H groups in total. The predicted octanol–water partition coefficient (Wildman–Crippen LogP) is 3.16. The van der Waals surface area contributed by atoms with Crippen LogP contribution in [-0.2, 0) is 4.79 Å². The van der Waals surface area contributed by atoms with Crippen molar-refractivity contribution in [3.63, 3.8) is 0 Å². The van der Waals surface area contributed by atoms with E-state index in [1.54, 1.807) is 12.1 Å². The first-order chi connectivity index (χ1) is 8.97. The van der Waals surface area contributed by atoms with Crippen LogP contribution in [-0.4, -0.2) is 21.8 Å². The molecular weight excluding hydrogens is 286 g/mol. The second-order valence-corrected chi connectivity index (χ2v) is 6.30. The number of benzene rings is 1. The summed E-state index contributed by atoms with van der Waals surface area (Å²) in [5.74, 6) is -2.01. The van der Waals surface area contributed by atoms with Gasteiger partial charge in [-0.1, -0.05) is 11.6 Å². The summed E-state index contributed by atoms with van der Waals surface area (Å²) in [7, 11) is 0. The Balaban J connectivity index is 1.97. The Kier molecular flexibility index (Phi) is 2.83. The van der Waals surface area contributed by atoms with Crippen LogP contribution in [0.1, 0.15) is 21.8 Å². The molecule has 2 aromatic rings. The van der Waals surface area contributed by atoms with Gasteiger partial charge < -0.3 is 5.11 Å². The Bertz CT molecular complexity index is 709. The zero-order valence-electron chi connectivity index (χ0n) is 10.0. The van der Waals surface area contributed by atoms with Crippen LogP contribution in [0, 0.1) is 18.8 Å². The van der Waals surface area contributed by atoms with Gasteiger partial charge in [-0.25, -0.2) is 4.98 Å². The van der Waals surface area contributed by atoms with Gasteiger partial charge >= 0.3 is 5.97 Å². The predicted molar refractivity (Wildman–Crippen MR) is 72.9 cm³/mol. The van der Waals surface area contributed by atoms with Crippen molar-refractivity contribution in [3.05, 3.63) is 27.7 Å². The Labute approximate surface area is 118 Å². The van der Waals surface area contributed by atoms with Crippen molar-refractivity contribution in [1.82, 2.24) is 4.98 Å². The lowest BCUT2D eigenvalue weighted by Crippen LogP contribution is -2.08. The molecule has 1 aromatic carbocycles. The van der Waals surface area contributed by atoms with E-state index in [1.165, 1.54) is 11.3 Å². The summed E-state index contributed by atoms with van der Waals surface area (Å²) < 4.78 is 0.862. The number of carboxylic acid groups (broad SMARTS) is 1. The standard InChI is InChI=1S/C13H10ClNO3S/c1-5-15-10-3-6(2-9(14)12(10)19-5)11(16)7-4-8(7)13(17)18/h2-3,7-8H,4H2,1H3,(H,17,18). The van der Waals surface area contributed by atoms with E-state index < -0.39 is 17.8 Å². The van der Waals surface area contributed by atoms with E-state index in [0.717, 1.165) is 9.71 Å². The first-order valence-electron chi connectivity index (χ1n) is 5.81. The number of halogens is 1. The van der Waals surface area contributed by atoms with E-state index in [9.17, 15) is 9.59 Å². The van der Waals surface area contributed by atoms with E-state index in [2.05, 4.69) is 4.98 Å². The molecule has 2 unspecified atom stereocenters. The quantitative estimate of drug-likeness (QED) is 0.883. The summed E-state index contributed by atoms with van der Waals surface area (Å²) in [6, 6.07) is 3.31. The lowest BCUT2D eigenvalue weighted by Gasteiger charge is -2.01. The molecule has 1 aromatic heterocycles. The van der Waals surface area contributed by atoms with Crippen LogP contribution in [0.25, 0.3) is 10.2 Å². The molecule has 0 amide bonds. The van der Waals surface area contributed by atoms with Crippen molar-refractivity contribution < 1.29 is 14.7 Å². The zero-order chi connectivity index (χ0) is 13.7. The smallest absolute Gasteiger partial charge is 0.307 e. The lowest BCUT2D eigenvalue weighted by atomic mass is 10.1. The maximum atomic E-state index is 12.2. The molecule has 1 saturated carbocycles. The maximum absolute atomic E-state index is 12.2. The summed E-state index contributed by atoms with van der Waals surface area (Å²) in [6.45, 7) is 1.88. The summed E-state index contributed by atoms with van der Waals surface area (Å²) >= 11 is 7.63. The van der Waals surface area contributed by atoms with Gasteiger partial charge in [0.15, 0.2) is 5.78 Å². The van der Waals surface area contributed by atoms with Crippen LogP contribution in [0.15, 0.2) is 12.1 Å². The third-order valence-electron chi connectivity index (χ3n) is 3.28. The van der Waals surface area contributed by atoms with E-state index >= 15 is 0 Å². The summed E-state index contributed by atoms with van der Waals surface area (Å²) in [5.41, 5.74) is 1.16. The van der Waals surface area contributed by atoms with Gasteiger partial charge in [0.2, 0.25) is 0 Å². The summed E-state index contributed by atoms with van der Waals surface area (Å²) in [5, 5.41) is 10.2. The molecular formula is C13H10ClNO3S.